The van der Waals surface area contributed by atoms with Crippen molar-refractivity contribution in [1.82, 2.24) is 5.32 Å². The number of aliphatic hydroxyl groups is 1. The molecule has 0 aromatic heterocycles. The summed E-state index contributed by atoms with van der Waals surface area (Å²) < 4.78 is 5.56. The van der Waals surface area contributed by atoms with Crippen molar-refractivity contribution < 1.29 is 9.84 Å². The molecule has 0 aliphatic heterocycles. The topological polar surface area (TPSA) is 41.5 Å². The number of aryl methyl sites for hydroxylation is 1. The highest BCUT2D eigenvalue weighted by Crippen LogP contribution is 2.14. The van der Waals surface area contributed by atoms with E-state index in [1.165, 1.54) is 0 Å². The maximum Gasteiger partial charge on any atom is 0.119 e. The SMILES string of the molecule is CCNCC(C)(O)COc1cccc(C)c1. The van der Waals surface area contributed by atoms with E-state index in [2.05, 4.69) is 5.32 Å². The maximum atomic E-state index is 9.99. The number of hydrogen-bond donors (Lipinski definition) is 2. The Morgan fingerprint density at radius 2 is 2.19 bits per heavy atom. The van der Waals surface area contributed by atoms with Crippen LogP contribution in [0.25, 0.3) is 0 Å². The van der Waals surface area contributed by atoms with Crippen molar-refractivity contribution in [3.8, 4) is 5.75 Å². The minimum Gasteiger partial charge on any atom is -0.491 e. The summed E-state index contributed by atoms with van der Waals surface area (Å²) in [4.78, 5) is 0. The Kier molecular flexibility index (Phi) is 4.77. The maximum absolute atomic E-state index is 9.99. The smallest absolute Gasteiger partial charge is 0.119 e. The molecule has 0 fully saturated rings. The second-order valence-corrected chi connectivity index (χ2v) is 4.38. The highest BCUT2D eigenvalue weighted by Gasteiger charge is 2.20. The minimum atomic E-state index is -0.834. The summed E-state index contributed by atoms with van der Waals surface area (Å²) in [5.41, 5.74) is 0.323. The lowest BCUT2D eigenvalue weighted by atomic mass is 10.1. The summed E-state index contributed by atoms with van der Waals surface area (Å²) in [5.74, 6) is 0.803. The van der Waals surface area contributed by atoms with Gasteiger partial charge in [-0.2, -0.15) is 0 Å². The molecule has 0 aliphatic carbocycles. The largest absolute Gasteiger partial charge is 0.491 e. The molecular formula is C13H21NO2. The van der Waals surface area contributed by atoms with Gasteiger partial charge in [-0.3, -0.25) is 0 Å². The second kappa shape index (κ2) is 5.87. The van der Waals surface area contributed by atoms with Crippen LogP contribution in [-0.2, 0) is 0 Å². The quantitative estimate of drug-likeness (QED) is 0.772. The van der Waals surface area contributed by atoms with Crippen LogP contribution in [0.3, 0.4) is 0 Å². The van der Waals surface area contributed by atoms with E-state index in [1.54, 1.807) is 6.92 Å². The van der Waals surface area contributed by atoms with E-state index in [0.717, 1.165) is 17.9 Å². The van der Waals surface area contributed by atoms with E-state index in [1.807, 2.05) is 38.1 Å². The zero-order valence-corrected chi connectivity index (χ0v) is 10.3. The first kappa shape index (κ1) is 13.0. The molecule has 1 rings (SSSR count). The third kappa shape index (κ3) is 4.64. The molecule has 0 spiro atoms. The lowest BCUT2D eigenvalue weighted by Crippen LogP contribution is -2.42. The van der Waals surface area contributed by atoms with Gasteiger partial charge in [-0.1, -0.05) is 19.1 Å². The summed E-state index contributed by atoms with van der Waals surface area (Å²) in [5, 5.41) is 13.1. The van der Waals surface area contributed by atoms with E-state index >= 15 is 0 Å². The normalized spacial score (nSPS) is 14.5. The first-order valence-electron chi connectivity index (χ1n) is 5.66. The summed E-state index contributed by atoms with van der Waals surface area (Å²) >= 11 is 0. The van der Waals surface area contributed by atoms with Gasteiger partial charge in [-0.15, -0.1) is 0 Å². The van der Waals surface area contributed by atoms with Crippen molar-refractivity contribution in [1.29, 1.82) is 0 Å². The zero-order valence-electron chi connectivity index (χ0n) is 10.3. The predicted molar refractivity (Wildman–Crippen MR) is 65.8 cm³/mol. The molecular weight excluding hydrogens is 202 g/mol. The third-order valence-electron chi connectivity index (χ3n) is 2.30. The fourth-order valence-corrected chi connectivity index (χ4v) is 1.39. The van der Waals surface area contributed by atoms with Gasteiger partial charge in [0.2, 0.25) is 0 Å². The minimum absolute atomic E-state index is 0.295. The Bertz CT molecular complexity index is 323. The molecule has 0 saturated carbocycles. The molecule has 0 amide bonds. The molecule has 0 heterocycles. The number of rotatable bonds is 6. The van der Waals surface area contributed by atoms with Crippen molar-refractivity contribution in [2.45, 2.75) is 26.4 Å². The van der Waals surface area contributed by atoms with Crippen LogP contribution in [0.4, 0.5) is 0 Å². The molecule has 0 bridgehead atoms. The molecule has 1 aromatic rings. The summed E-state index contributed by atoms with van der Waals surface area (Å²) in [6.07, 6.45) is 0. The van der Waals surface area contributed by atoms with Gasteiger partial charge in [0.15, 0.2) is 0 Å². The van der Waals surface area contributed by atoms with E-state index < -0.39 is 5.60 Å². The van der Waals surface area contributed by atoms with E-state index in [-0.39, 0.29) is 0 Å². The van der Waals surface area contributed by atoms with Crippen molar-refractivity contribution in [3.05, 3.63) is 29.8 Å². The lowest BCUT2D eigenvalue weighted by Gasteiger charge is -2.23. The molecule has 16 heavy (non-hydrogen) atoms. The molecule has 90 valence electrons. The molecule has 1 aromatic carbocycles. The van der Waals surface area contributed by atoms with Gasteiger partial charge in [0.1, 0.15) is 18.0 Å². The van der Waals surface area contributed by atoms with Gasteiger partial charge >= 0.3 is 0 Å². The Hall–Kier alpha value is -1.06. The number of hydrogen-bond acceptors (Lipinski definition) is 3. The average molecular weight is 223 g/mol. The standard InChI is InChI=1S/C13H21NO2/c1-4-14-9-13(3,15)10-16-12-7-5-6-11(2)8-12/h5-8,14-15H,4,9-10H2,1-3H3. The molecule has 2 N–H and O–H groups in total. The van der Waals surface area contributed by atoms with Crippen LogP contribution in [0.1, 0.15) is 19.4 Å². The van der Waals surface area contributed by atoms with E-state index in [9.17, 15) is 5.11 Å². The number of ether oxygens (including phenoxy) is 1. The van der Waals surface area contributed by atoms with Gasteiger partial charge in [0, 0.05) is 6.54 Å². The first-order chi connectivity index (χ1) is 7.53. The fourth-order valence-electron chi connectivity index (χ4n) is 1.39. The summed E-state index contributed by atoms with van der Waals surface area (Å²) in [6, 6.07) is 7.83. The molecule has 0 saturated heterocycles. The van der Waals surface area contributed by atoms with Crippen LogP contribution in [0, 0.1) is 6.92 Å². The number of likely N-dealkylation sites (N-methyl/N-ethyl adjacent to an activating group) is 1. The van der Waals surface area contributed by atoms with Gasteiger partial charge in [-0.05, 0) is 38.1 Å². The summed E-state index contributed by atoms with van der Waals surface area (Å²) in [7, 11) is 0. The number of benzene rings is 1. The van der Waals surface area contributed by atoms with Crippen molar-refractivity contribution in [2.24, 2.45) is 0 Å². The fraction of sp³-hybridized carbons (Fsp3) is 0.538. The molecule has 1 atom stereocenters. The van der Waals surface area contributed by atoms with Gasteiger partial charge in [0.25, 0.3) is 0 Å². The Morgan fingerprint density at radius 3 is 2.81 bits per heavy atom. The highest BCUT2D eigenvalue weighted by molar-refractivity contribution is 5.27. The van der Waals surface area contributed by atoms with Crippen molar-refractivity contribution >= 4 is 0 Å². The van der Waals surface area contributed by atoms with Crippen molar-refractivity contribution in [2.75, 3.05) is 19.7 Å². The average Bonchev–Trinajstić information content (AvgIpc) is 2.24. The van der Waals surface area contributed by atoms with Gasteiger partial charge < -0.3 is 15.2 Å². The highest BCUT2D eigenvalue weighted by atomic mass is 16.5. The molecule has 0 radical (unpaired) electrons. The zero-order chi connectivity index (χ0) is 12.0. The first-order valence-corrected chi connectivity index (χ1v) is 5.66. The van der Waals surface area contributed by atoms with Crippen LogP contribution in [0.2, 0.25) is 0 Å². The molecule has 0 aliphatic rings. The molecule has 3 nitrogen and oxygen atoms in total. The van der Waals surface area contributed by atoms with E-state index in [4.69, 9.17) is 4.74 Å². The lowest BCUT2D eigenvalue weighted by molar-refractivity contribution is 0.0127. The molecule has 3 heteroatoms. The Morgan fingerprint density at radius 1 is 1.44 bits per heavy atom. The molecule has 1 unspecified atom stereocenters. The third-order valence-corrected chi connectivity index (χ3v) is 2.30. The Labute approximate surface area is 97.4 Å². The van der Waals surface area contributed by atoms with Crippen LogP contribution < -0.4 is 10.1 Å². The van der Waals surface area contributed by atoms with Crippen LogP contribution in [-0.4, -0.2) is 30.4 Å². The van der Waals surface area contributed by atoms with Gasteiger partial charge in [-0.25, -0.2) is 0 Å². The van der Waals surface area contributed by atoms with Crippen molar-refractivity contribution in [3.63, 3.8) is 0 Å². The van der Waals surface area contributed by atoms with Crippen LogP contribution in [0.5, 0.6) is 5.75 Å². The second-order valence-electron chi connectivity index (χ2n) is 4.38. The van der Waals surface area contributed by atoms with E-state index in [0.29, 0.717) is 13.2 Å². The Balaban J connectivity index is 2.44. The predicted octanol–water partition coefficient (Wildman–Crippen LogP) is 1.73. The van der Waals surface area contributed by atoms with Crippen LogP contribution >= 0.6 is 0 Å². The number of nitrogens with one attached hydrogen (secondary N) is 1. The summed E-state index contributed by atoms with van der Waals surface area (Å²) in [6.45, 7) is 7.48. The van der Waals surface area contributed by atoms with Gasteiger partial charge in [0.05, 0.1) is 0 Å². The van der Waals surface area contributed by atoms with Crippen LogP contribution in [0.15, 0.2) is 24.3 Å². The monoisotopic (exact) mass is 223 g/mol.